The molecule has 0 aliphatic carbocycles. The summed E-state index contributed by atoms with van der Waals surface area (Å²) >= 11 is 7.64. The molecule has 0 bridgehead atoms. The van der Waals surface area contributed by atoms with E-state index in [1.54, 1.807) is 36.0 Å². The molecule has 0 saturated heterocycles. The lowest BCUT2D eigenvalue weighted by Crippen LogP contribution is -2.31. The van der Waals surface area contributed by atoms with Gasteiger partial charge in [-0.1, -0.05) is 48.0 Å². The topological polar surface area (TPSA) is 46.6 Å². The Morgan fingerprint density at radius 3 is 2.32 bits per heavy atom. The first-order chi connectivity index (χ1) is 17.8. The Morgan fingerprint density at radius 2 is 1.57 bits per heavy atom. The molecule has 4 aromatic rings. The van der Waals surface area contributed by atoms with Crippen molar-refractivity contribution < 1.29 is 21.9 Å². The van der Waals surface area contributed by atoms with Crippen molar-refractivity contribution in [3.8, 4) is 5.75 Å². The van der Waals surface area contributed by atoms with Crippen LogP contribution < -0.4 is 9.04 Å². The van der Waals surface area contributed by atoms with E-state index in [2.05, 4.69) is 0 Å². The summed E-state index contributed by atoms with van der Waals surface area (Å²) in [5, 5.41) is 0.353. The number of ether oxygens (including phenoxy) is 1. The Bertz CT molecular complexity index is 1440. The number of sulfonamides is 1. The quantitative estimate of drug-likeness (QED) is 0.140. The van der Waals surface area contributed by atoms with E-state index in [9.17, 15) is 17.2 Å². The minimum absolute atomic E-state index is 0.100. The molecular weight excluding hydrogens is 536 g/mol. The van der Waals surface area contributed by atoms with Gasteiger partial charge in [-0.3, -0.25) is 4.31 Å². The number of benzene rings is 4. The molecule has 0 radical (unpaired) electrons. The molecule has 0 heterocycles. The zero-order valence-electron chi connectivity index (χ0n) is 19.7. The van der Waals surface area contributed by atoms with E-state index in [0.29, 0.717) is 22.9 Å². The van der Waals surface area contributed by atoms with Crippen LogP contribution in [0.1, 0.15) is 12.0 Å². The van der Waals surface area contributed by atoms with Crippen LogP contribution in [0.15, 0.2) is 107 Å². The van der Waals surface area contributed by atoms with Crippen LogP contribution in [0.3, 0.4) is 0 Å². The van der Waals surface area contributed by atoms with Gasteiger partial charge in [-0.2, -0.15) is 0 Å². The molecule has 0 fully saturated rings. The lowest BCUT2D eigenvalue weighted by Gasteiger charge is -2.26. The second kappa shape index (κ2) is 12.4. The van der Waals surface area contributed by atoms with Crippen LogP contribution in [0.5, 0.6) is 5.75 Å². The lowest BCUT2D eigenvalue weighted by molar-refractivity contribution is 0.315. The Labute approximate surface area is 224 Å². The highest BCUT2D eigenvalue weighted by Crippen LogP contribution is 2.32. The van der Waals surface area contributed by atoms with Gasteiger partial charge in [-0.15, -0.1) is 11.8 Å². The fourth-order valence-corrected chi connectivity index (χ4v) is 6.00. The van der Waals surface area contributed by atoms with Crippen LogP contribution in [0.25, 0.3) is 0 Å². The van der Waals surface area contributed by atoms with E-state index in [1.165, 1.54) is 29.2 Å². The van der Waals surface area contributed by atoms with E-state index in [4.69, 9.17) is 16.3 Å². The number of anilines is 1. The fourth-order valence-electron chi connectivity index (χ4n) is 3.59. The van der Waals surface area contributed by atoms with Gasteiger partial charge in [0.25, 0.3) is 10.0 Å². The fraction of sp³-hybridized carbons (Fsp3) is 0.143. The highest BCUT2D eigenvalue weighted by molar-refractivity contribution is 7.99. The van der Waals surface area contributed by atoms with Gasteiger partial charge >= 0.3 is 0 Å². The van der Waals surface area contributed by atoms with E-state index >= 15 is 0 Å². The zero-order chi connectivity index (χ0) is 26.3. The first-order valence-electron chi connectivity index (χ1n) is 11.5. The number of nitrogens with zero attached hydrogens (tertiary/aromatic N) is 1. The maximum Gasteiger partial charge on any atom is 0.264 e. The highest BCUT2D eigenvalue weighted by Gasteiger charge is 2.29. The monoisotopic (exact) mass is 559 g/mol. The van der Waals surface area contributed by atoms with E-state index in [1.807, 2.05) is 30.3 Å². The average Bonchev–Trinajstić information content (AvgIpc) is 2.90. The third-order valence-electron chi connectivity index (χ3n) is 5.42. The number of halogens is 3. The molecular formula is C28H24ClF2NO3S2. The second-order valence-corrected chi connectivity index (χ2v) is 11.5. The van der Waals surface area contributed by atoms with Crippen molar-refractivity contribution in [1.29, 1.82) is 0 Å². The van der Waals surface area contributed by atoms with Crippen LogP contribution >= 0.6 is 23.4 Å². The molecule has 0 unspecified atom stereocenters. The van der Waals surface area contributed by atoms with Crippen LogP contribution in [0, 0.1) is 11.6 Å². The first-order valence-corrected chi connectivity index (χ1v) is 14.3. The predicted octanol–water partition coefficient (Wildman–Crippen LogP) is 7.57. The molecule has 9 heteroatoms. The molecule has 192 valence electrons. The Balaban J connectivity index is 1.56. The molecule has 0 amide bonds. The molecule has 0 spiro atoms. The number of para-hydroxylation sites is 1. The van der Waals surface area contributed by atoms with Crippen LogP contribution in [0.4, 0.5) is 14.5 Å². The van der Waals surface area contributed by atoms with Crippen molar-refractivity contribution in [2.75, 3.05) is 16.7 Å². The molecule has 0 atom stereocenters. The normalized spacial score (nSPS) is 11.3. The lowest BCUT2D eigenvalue weighted by atomic mass is 10.2. The molecule has 4 nitrogen and oxygen atoms in total. The average molecular weight is 560 g/mol. The van der Waals surface area contributed by atoms with Gasteiger partial charge in [0.1, 0.15) is 17.4 Å². The minimum atomic E-state index is -4.28. The van der Waals surface area contributed by atoms with Gasteiger partial charge in [-0.25, -0.2) is 17.2 Å². The summed E-state index contributed by atoms with van der Waals surface area (Å²) in [6.45, 7) is 0.148. The van der Waals surface area contributed by atoms with Crippen molar-refractivity contribution >= 4 is 39.1 Å². The Kier molecular flexibility index (Phi) is 9.08. The molecule has 0 aliphatic heterocycles. The van der Waals surface area contributed by atoms with Gasteiger partial charge in [0.05, 0.1) is 23.7 Å². The summed E-state index contributed by atoms with van der Waals surface area (Å²) in [5.74, 6) is -0.304. The van der Waals surface area contributed by atoms with Crippen molar-refractivity contribution in [3.05, 3.63) is 119 Å². The molecule has 37 heavy (non-hydrogen) atoms. The summed E-state index contributed by atoms with van der Waals surface area (Å²) in [5.41, 5.74) is 0.114. The standard InChI is InChI=1S/C28H24ClF2NO3S2/c29-22-11-14-25(15-12-22)37(33,34)32(27-19-23(30)13-16-26(27)31)20-21-7-4-5-10-28(21)35-17-6-18-36-24-8-2-1-3-9-24/h1-5,7-16,19H,6,17-18,20H2. The van der Waals surface area contributed by atoms with Crippen molar-refractivity contribution in [1.82, 2.24) is 0 Å². The van der Waals surface area contributed by atoms with Crippen LogP contribution in [-0.2, 0) is 16.6 Å². The second-order valence-electron chi connectivity index (χ2n) is 8.03. The van der Waals surface area contributed by atoms with E-state index in [0.717, 1.165) is 34.7 Å². The number of hydrogen-bond acceptors (Lipinski definition) is 4. The molecule has 0 aromatic heterocycles. The third-order valence-corrected chi connectivity index (χ3v) is 8.55. The summed E-state index contributed by atoms with van der Waals surface area (Å²) in [7, 11) is -4.28. The predicted molar refractivity (Wildman–Crippen MR) is 145 cm³/mol. The number of hydrogen-bond donors (Lipinski definition) is 0. The summed E-state index contributed by atoms with van der Waals surface area (Å²) in [4.78, 5) is 1.07. The van der Waals surface area contributed by atoms with Crippen molar-refractivity contribution in [3.63, 3.8) is 0 Å². The number of rotatable bonds is 11. The largest absolute Gasteiger partial charge is 0.493 e. The smallest absolute Gasteiger partial charge is 0.264 e. The van der Waals surface area contributed by atoms with Gasteiger partial charge in [0.2, 0.25) is 0 Å². The van der Waals surface area contributed by atoms with E-state index in [-0.39, 0.29) is 11.4 Å². The van der Waals surface area contributed by atoms with Gasteiger partial charge in [-0.05, 0) is 61.0 Å². The first kappa shape index (κ1) is 27.0. The van der Waals surface area contributed by atoms with E-state index < -0.39 is 27.3 Å². The molecule has 0 saturated carbocycles. The minimum Gasteiger partial charge on any atom is -0.493 e. The number of thioether (sulfide) groups is 1. The summed E-state index contributed by atoms with van der Waals surface area (Å²) in [6.07, 6.45) is 0.763. The molecule has 4 rings (SSSR count). The Hall–Kier alpha value is -3.07. The zero-order valence-corrected chi connectivity index (χ0v) is 22.1. The molecule has 0 N–H and O–H groups in total. The van der Waals surface area contributed by atoms with Crippen molar-refractivity contribution in [2.45, 2.75) is 22.8 Å². The summed E-state index contributed by atoms with van der Waals surface area (Å²) in [6, 6.07) is 25.2. The molecule has 0 aliphatic rings. The van der Waals surface area contributed by atoms with Gasteiger partial charge in [0.15, 0.2) is 0 Å². The third kappa shape index (κ3) is 7.03. The molecule has 4 aromatic carbocycles. The van der Waals surface area contributed by atoms with Gasteiger partial charge < -0.3 is 4.74 Å². The van der Waals surface area contributed by atoms with Crippen LogP contribution in [0.2, 0.25) is 5.02 Å². The van der Waals surface area contributed by atoms with Crippen molar-refractivity contribution in [2.24, 2.45) is 0 Å². The Morgan fingerprint density at radius 1 is 0.865 bits per heavy atom. The van der Waals surface area contributed by atoms with Crippen LogP contribution in [-0.4, -0.2) is 20.8 Å². The maximum absolute atomic E-state index is 14.8. The highest BCUT2D eigenvalue weighted by atomic mass is 35.5. The maximum atomic E-state index is 14.8. The SMILES string of the molecule is O=S(=O)(c1ccc(Cl)cc1)N(Cc1ccccc1OCCCSc1ccccc1)c1cc(F)ccc1F. The van der Waals surface area contributed by atoms with Gasteiger partial charge in [0, 0.05) is 27.3 Å². The summed E-state index contributed by atoms with van der Waals surface area (Å²) < 4.78 is 63.0.